The maximum atomic E-state index is 9.80. The third-order valence-corrected chi connectivity index (χ3v) is 2.47. The van der Waals surface area contributed by atoms with Crippen molar-refractivity contribution in [2.45, 2.75) is 32.5 Å². The SMILES string of the molecule is Cc1n[nH]c(C)c1C(O)C(O)CCCl. The Morgan fingerprint density at radius 3 is 2.50 bits per heavy atom. The molecule has 0 aliphatic heterocycles. The van der Waals surface area contributed by atoms with Gasteiger partial charge in [-0.3, -0.25) is 5.10 Å². The molecule has 2 unspecified atom stereocenters. The fraction of sp³-hybridized carbons (Fsp3) is 0.667. The van der Waals surface area contributed by atoms with Gasteiger partial charge in [-0.05, 0) is 20.3 Å². The van der Waals surface area contributed by atoms with Gasteiger partial charge >= 0.3 is 0 Å². The number of rotatable bonds is 4. The summed E-state index contributed by atoms with van der Waals surface area (Å²) >= 11 is 5.49. The number of aromatic amines is 1. The van der Waals surface area contributed by atoms with E-state index in [4.69, 9.17) is 11.6 Å². The number of aliphatic hydroxyl groups is 2. The van der Waals surface area contributed by atoms with E-state index in [0.29, 0.717) is 23.6 Å². The van der Waals surface area contributed by atoms with E-state index < -0.39 is 12.2 Å². The van der Waals surface area contributed by atoms with Crippen LogP contribution < -0.4 is 0 Å². The van der Waals surface area contributed by atoms with Crippen LogP contribution in [0.3, 0.4) is 0 Å². The Balaban J connectivity index is 2.82. The number of nitrogens with zero attached hydrogens (tertiary/aromatic N) is 1. The minimum absolute atomic E-state index is 0.328. The maximum absolute atomic E-state index is 9.80. The molecule has 1 heterocycles. The van der Waals surface area contributed by atoms with E-state index in [1.54, 1.807) is 6.92 Å². The fourth-order valence-corrected chi connectivity index (χ4v) is 1.68. The van der Waals surface area contributed by atoms with Gasteiger partial charge in [-0.2, -0.15) is 5.10 Å². The molecule has 0 radical (unpaired) electrons. The molecule has 1 rings (SSSR count). The van der Waals surface area contributed by atoms with Gasteiger partial charge in [-0.25, -0.2) is 0 Å². The number of aromatic nitrogens is 2. The average molecular weight is 219 g/mol. The molecule has 0 fully saturated rings. The first-order valence-electron chi connectivity index (χ1n) is 4.51. The van der Waals surface area contributed by atoms with Crippen LogP contribution in [-0.4, -0.2) is 32.4 Å². The Morgan fingerprint density at radius 2 is 2.07 bits per heavy atom. The van der Waals surface area contributed by atoms with Crippen LogP contribution in [0.4, 0.5) is 0 Å². The zero-order chi connectivity index (χ0) is 10.7. The van der Waals surface area contributed by atoms with Gasteiger partial charge in [0.25, 0.3) is 0 Å². The first-order valence-corrected chi connectivity index (χ1v) is 5.05. The van der Waals surface area contributed by atoms with E-state index in [1.807, 2.05) is 6.92 Å². The van der Waals surface area contributed by atoms with Crippen molar-refractivity contribution in [3.63, 3.8) is 0 Å². The van der Waals surface area contributed by atoms with Crippen molar-refractivity contribution in [2.24, 2.45) is 0 Å². The number of aryl methyl sites for hydroxylation is 2. The second-order valence-corrected chi connectivity index (χ2v) is 3.72. The van der Waals surface area contributed by atoms with Crippen LogP contribution in [-0.2, 0) is 0 Å². The van der Waals surface area contributed by atoms with Crippen LogP contribution in [0.1, 0.15) is 29.5 Å². The van der Waals surface area contributed by atoms with E-state index in [2.05, 4.69) is 10.2 Å². The molecule has 1 aromatic rings. The number of aliphatic hydroxyl groups excluding tert-OH is 2. The molecule has 0 bridgehead atoms. The molecule has 0 amide bonds. The predicted molar refractivity (Wildman–Crippen MR) is 54.4 cm³/mol. The maximum Gasteiger partial charge on any atom is 0.108 e. The third-order valence-electron chi connectivity index (χ3n) is 2.25. The molecule has 0 saturated heterocycles. The van der Waals surface area contributed by atoms with Crippen molar-refractivity contribution >= 4 is 11.6 Å². The van der Waals surface area contributed by atoms with Gasteiger partial charge in [0, 0.05) is 17.1 Å². The summed E-state index contributed by atoms with van der Waals surface area (Å²) in [7, 11) is 0. The third kappa shape index (κ3) is 2.26. The van der Waals surface area contributed by atoms with E-state index in [9.17, 15) is 10.2 Å². The van der Waals surface area contributed by atoms with Crippen molar-refractivity contribution in [2.75, 3.05) is 5.88 Å². The quantitative estimate of drug-likeness (QED) is 0.662. The highest BCUT2D eigenvalue weighted by atomic mass is 35.5. The lowest BCUT2D eigenvalue weighted by atomic mass is 10.0. The zero-order valence-electron chi connectivity index (χ0n) is 8.29. The summed E-state index contributed by atoms with van der Waals surface area (Å²) in [5.74, 6) is 0.328. The molecule has 0 aliphatic rings. The van der Waals surface area contributed by atoms with Gasteiger partial charge in [-0.15, -0.1) is 11.6 Å². The van der Waals surface area contributed by atoms with E-state index in [0.717, 1.165) is 5.69 Å². The van der Waals surface area contributed by atoms with Gasteiger partial charge in [0.15, 0.2) is 0 Å². The number of hydrogen-bond donors (Lipinski definition) is 3. The summed E-state index contributed by atoms with van der Waals surface area (Å²) in [4.78, 5) is 0. The molecule has 14 heavy (non-hydrogen) atoms. The lowest BCUT2D eigenvalue weighted by molar-refractivity contribution is 0.0163. The molecule has 3 N–H and O–H groups in total. The minimum Gasteiger partial charge on any atom is -0.390 e. The number of H-pyrrole nitrogens is 1. The summed E-state index contributed by atoms with van der Waals surface area (Å²) in [5.41, 5.74) is 2.16. The van der Waals surface area contributed by atoms with Crippen LogP contribution >= 0.6 is 11.6 Å². The molecule has 80 valence electrons. The van der Waals surface area contributed by atoms with Crippen molar-refractivity contribution in [3.05, 3.63) is 17.0 Å². The number of alkyl halides is 1. The second kappa shape index (κ2) is 4.77. The van der Waals surface area contributed by atoms with Gasteiger partial charge in [0.1, 0.15) is 6.10 Å². The van der Waals surface area contributed by atoms with Crippen LogP contribution in [0.15, 0.2) is 0 Å². The monoisotopic (exact) mass is 218 g/mol. The largest absolute Gasteiger partial charge is 0.390 e. The molecular formula is C9H15ClN2O2. The van der Waals surface area contributed by atoms with Crippen molar-refractivity contribution in [1.29, 1.82) is 0 Å². The highest BCUT2D eigenvalue weighted by Gasteiger charge is 2.22. The van der Waals surface area contributed by atoms with Crippen LogP contribution in [0.2, 0.25) is 0 Å². The summed E-state index contributed by atoms with van der Waals surface area (Å²) in [6.07, 6.45) is -1.37. The summed E-state index contributed by atoms with van der Waals surface area (Å²) in [6.45, 7) is 3.60. The van der Waals surface area contributed by atoms with Gasteiger partial charge in [0.05, 0.1) is 11.8 Å². The standard InChI is InChI=1S/C9H15ClN2O2/c1-5-8(6(2)12-11-5)9(14)7(13)3-4-10/h7,9,13-14H,3-4H2,1-2H3,(H,11,12). The first kappa shape index (κ1) is 11.5. The highest BCUT2D eigenvalue weighted by molar-refractivity contribution is 6.17. The molecule has 0 aliphatic carbocycles. The highest BCUT2D eigenvalue weighted by Crippen LogP contribution is 2.23. The van der Waals surface area contributed by atoms with Crippen molar-refractivity contribution in [3.8, 4) is 0 Å². The normalized spacial score (nSPS) is 15.5. The molecule has 5 heteroatoms. The van der Waals surface area contributed by atoms with Crippen LogP contribution in [0, 0.1) is 13.8 Å². The summed E-state index contributed by atoms with van der Waals surface area (Å²) in [6, 6.07) is 0. The molecule has 4 nitrogen and oxygen atoms in total. The Morgan fingerprint density at radius 1 is 1.43 bits per heavy atom. The van der Waals surface area contributed by atoms with Crippen molar-refractivity contribution < 1.29 is 10.2 Å². The summed E-state index contributed by atoms with van der Waals surface area (Å²) in [5, 5.41) is 26.1. The molecule has 2 atom stereocenters. The Kier molecular flexibility index (Phi) is 3.92. The topological polar surface area (TPSA) is 69.1 Å². The van der Waals surface area contributed by atoms with E-state index >= 15 is 0 Å². The first-order chi connectivity index (χ1) is 6.57. The number of halogens is 1. The predicted octanol–water partition coefficient (Wildman–Crippen LogP) is 1.05. The zero-order valence-corrected chi connectivity index (χ0v) is 9.04. The fourth-order valence-electron chi connectivity index (χ4n) is 1.46. The number of hydrogen-bond acceptors (Lipinski definition) is 3. The molecule has 0 saturated carbocycles. The average Bonchev–Trinajstić information content (AvgIpc) is 2.46. The van der Waals surface area contributed by atoms with Crippen LogP contribution in [0.25, 0.3) is 0 Å². The Hall–Kier alpha value is -0.580. The Bertz CT molecular complexity index is 282. The molecule has 0 aromatic carbocycles. The molecule has 0 spiro atoms. The van der Waals surface area contributed by atoms with E-state index in [-0.39, 0.29) is 0 Å². The molecule has 1 aromatic heterocycles. The van der Waals surface area contributed by atoms with Gasteiger partial charge in [-0.1, -0.05) is 0 Å². The van der Waals surface area contributed by atoms with E-state index in [1.165, 1.54) is 0 Å². The van der Waals surface area contributed by atoms with Crippen LogP contribution in [0.5, 0.6) is 0 Å². The lowest BCUT2D eigenvalue weighted by Gasteiger charge is -2.17. The van der Waals surface area contributed by atoms with Gasteiger partial charge in [0.2, 0.25) is 0 Å². The lowest BCUT2D eigenvalue weighted by Crippen LogP contribution is -2.19. The minimum atomic E-state index is -0.910. The second-order valence-electron chi connectivity index (χ2n) is 3.34. The van der Waals surface area contributed by atoms with Gasteiger partial charge < -0.3 is 10.2 Å². The number of nitrogens with one attached hydrogen (secondary N) is 1. The van der Waals surface area contributed by atoms with Crippen molar-refractivity contribution in [1.82, 2.24) is 10.2 Å². The molecular weight excluding hydrogens is 204 g/mol. The Labute approximate surface area is 87.9 Å². The smallest absolute Gasteiger partial charge is 0.108 e. The summed E-state index contributed by atoms with van der Waals surface area (Å²) < 4.78 is 0.